The molecule has 36 heavy (non-hydrogen) atoms. The molecule has 1 atom stereocenters. The van der Waals surface area contributed by atoms with Crippen LogP contribution in [0.5, 0.6) is 0 Å². The molecule has 0 amide bonds. The Balaban J connectivity index is 2.11. The minimum Gasteiger partial charge on any atom is -0.382 e. The molecule has 0 fully saturated rings. The van der Waals surface area contributed by atoms with Gasteiger partial charge in [-0.1, -0.05) is 6.92 Å². The summed E-state index contributed by atoms with van der Waals surface area (Å²) in [6.45, 7) is 1.72. The molecule has 6 N–H and O–H groups in total. The number of nitrogens with zero attached hydrogens (tertiary/aromatic N) is 5. The molecule has 0 spiro atoms. The number of aromatic amines is 1. The van der Waals surface area contributed by atoms with Crippen LogP contribution in [0.4, 0.5) is 27.6 Å². The normalized spacial score (nSPS) is 13.1. The van der Waals surface area contributed by atoms with Gasteiger partial charge in [-0.2, -0.15) is 23.5 Å². The van der Waals surface area contributed by atoms with E-state index in [0.29, 0.717) is 6.07 Å². The molecule has 0 aliphatic heterocycles. The summed E-state index contributed by atoms with van der Waals surface area (Å²) in [6, 6.07) is 4.74. The number of nitrogens with one attached hydrogen (secondary N) is 2. The Labute approximate surface area is 200 Å². The van der Waals surface area contributed by atoms with Gasteiger partial charge in [-0.15, -0.1) is 0 Å². The standard InChI is InChI=1S/C22H18F5N9/c1-2-12(16(36-31)9-32-15-4-3-11(23)5-14(15)24)18-13(6-28)17(19(35-18)20(29)30)10-7-33-21(34-8-10)22(25,26)27/h3-5,7-9,12,35H,2,31H2,1H3,(H3,29,30). The Hall–Kier alpha value is -4.67. The lowest BCUT2D eigenvalue weighted by molar-refractivity contribution is -0.144. The fourth-order valence-corrected chi connectivity index (χ4v) is 3.49. The molecule has 3 rings (SSSR count). The molecular formula is C22H18F5N9. The maximum absolute atomic E-state index is 14.0. The van der Waals surface area contributed by atoms with E-state index < -0.39 is 35.4 Å². The number of hydrazone groups is 1. The van der Waals surface area contributed by atoms with Crippen molar-refractivity contribution in [2.75, 3.05) is 0 Å². The van der Waals surface area contributed by atoms with E-state index in [9.17, 15) is 27.2 Å². The van der Waals surface area contributed by atoms with E-state index in [-0.39, 0.29) is 45.9 Å². The van der Waals surface area contributed by atoms with Crippen molar-refractivity contribution in [1.29, 1.82) is 10.7 Å². The molecule has 0 saturated carbocycles. The van der Waals surface area contributed by atoms with Crippen LogP contribution < -0.4 is 11.6 Å². The van der Waals surface area contributed by atoms with E-state index in [4.69, 9.17) is 17.0 Å². The molecule has 0 aliphatic rings. The van der Waals surface area contributed by atoms with Crippen LogP contribution in [-0.2, 0) is 6.18 Å². The lowest BCUT2D eigenvalue weighted by Gasteiger charge is -2.14. The summed E-state index contributed by atoms with van der Waals surface area (Å²) in [7, 11) is 0. The predicted octanol–water partition coefficient (Wildman–Crippen LogP) is 4.14. The first kappa shape index (κ1) is 25.9. The van der Waals surface area contributed by atoms with Crippen LogP contribution in [-0.4, -0.2) is 32.7 Å². The summed E-state index contributed by atoms with van der Waals surface area (Å²) in [5.41, 5.74) is 5.68. The van der Waals surface area contributed by atoms with Crippen molar-refractivity contribution in [1.82, 2.24) is 15.0 Å². The van der Waals surface area contributed by atoms with Gasteiger partial charge in [0.15, 0.2) is 5.82 Å². The van der Waals surface area contributed by atoms with Gasteiger partial charge in [0.05, 0.1) is 28.9 Å². The number of benzene rings is 1. The van der Waals surface area contributed by atoms with Crippen LogP contribution in [0.15, 0.2) is 40.7 Å². The molecular weight excluding hydrogens is 485 g/mol. The fourth-order valence-electron chi connectivity index (χ4n) is 3.49. The van der Waals surface area contributed by atoms with Crippen LogP contribution in [0.1, 0.15) is 42.0 Å². The highest BCUT2D eigenvalue weighted by Gasteiger charge is 2.35. The van der Waals surface area contributed by atoms with E-state index in [0.717, 1.165) is 30.7 Å². The van der Waals surface area contributed by atoms with Crippen molar-refractivity contribution in [3.63, 3.8) is 0 Å². The second-order valence-electron chi connectivity index (χ2n) is 7.35. The largest absolute Gasteiger partial charge is 0.451 e. The van der Waals surface area contributed by atoms with Gasteiger partial charge in [0.1, 0.15) is 17.7 Å². The van der Waals surface area contributed by atoms with E-state index in [1.54, 1.807) is 6.92 Å². The number of halogens is 5. The Morgan fingerprint density at radius 1 is 1.28 bits per heavy atom. The second-order valence-corrected chi connectivity index (χ2v) is 7.35. The van der Waals surface area contributed by atoms with Gasteiger partial charge >= 0.3 is 6.18 Å². The second kappa shape index (κ2) is 10.3. The minimum absolute atomic E-state index is 0.00962. The molecule has 14 heteroatoms. The number of hydrogen-bond donors (Lipinski definition) is 4. The van der Waals surface area contributed by atoms with Crippen LogP contribution in [0, 0.1) is 28.4 Å². The first-order valence-corrected chi connectivity index (χ1v) is 10.2. The number of aliphatic imine (C=N–C) groups is 1. The first-order valence-electron chi connectivity index (χ1n) is 10.2. The Morgan fingerprint density at radius 2 is 1.94 bits per heavy atom. The third-order valence-electron chi connectivity index (χ3n) is 5.11. The molecule has 9 nitrogen and oxygen atoms in total. The lowest BCUT2D eigenvalue weighted by atomic mass is 9.92. The Kier molecular flexibility index (Phi) is 7.42. The van der Waals surface area contributed by atoms with Crippen molar-refractivity contribution >= 4 is 23.4 Å². The monoisotopic (exact) mass is 503 g/mol. The summed E-state index contributed by atoms with van der Waals surface area (Å²) in [5.74, 6) is 1.19. The number of nitrogen functional groups attached to an aromatic ring is 1. The zero-order valence-corrected chi connectivity index (χ0v) is 18.5. The number of aromatic nitrogens is 3. The number of amidine groups is 1. The van der Waals surface area contributed by atoms with Gasteiger partial charge in [-0.05, 0) is 18.6 Å². The maximum Gasteiger partial charge on any atom is 0.451 e. The highest BCUT2D eigenvalue weighted by atomic mass is 19.4. The van der Waals surface area contributed by atoms with Gasteiger partial charge in [-0.25, -0.2) is 18.7 Å². The van der Waals surface area contributed by atoms with E-state index >= 15 is 0 Å². The van der Waals surface area contributed by atoms with Crippen molar-refractivity contribution < 1.29 is 22.0 Å². The van der Waals surface area contributed by atoms with Gasteiger partial charge in [0.2, 0.25) is 5.82 Å². The molecule has 0 saturated heterocycles. The average Bonchev–Trinajstić information content (AvgIpc) is 3.21. The average molecular weight is 503 g/mol. The zero-order chi connectivity index (χ0) is 26.6. The minimum atomic E-state index is -4.77. The highest BCUT2D eigenvalue weighted by Crippen LogP contribution is 2.35. The highest BCUT2D eigenvalue weighted by molar-refractivity contribution is 6.33. The van der Waals surface area contributed by atoms with Crippen LogP contribution >= 0.6 is 0 Å². The third kappa shape index (κ3) is 5.19. The van der Waals surface area contributed by atoms with Crippen molar-refractivity contribution in [3.05, 3.63) is 65.0 Å². The zero-order valence-electron chi connectivity index (χ0n) is 18.5. The predicted molar refractivity (Wildman–Crippen MR) is 122 cm³/mol. The number of nitrogens with two attached hydrogens (primary N) is 2. The van der Waals surface area contributed by atoms with Crippen LogP contribution in [0.25, 0.3) is 11.1 Å². The third-order valence-corrected chi connectivity index (χ3v) is 5.11. The number of H-pyrrole nitrogens is 1. The lowest BCUT2D eigenvalue weighted by Crippen LogP contribution is -2.18. The van der Waals surface area contributed by atoms with Crippen molar-refractivity contribution in [2.24, 2.45) is 21.7 Å². The Bertz CT molecular complexity index is 1380. The van der Waals surface area contributed by atoms with Crippen LogP contribution in [0.2, 0.25) is 0 Å². The number of rotatable bonds is 7. The van der Waals surface area contributed by atoms with Crippen molar-refractivity contribution in [2.45, 2.75) is 25.4 Å². The van der Waals surface area contributed by atoms with Gasteiger partial charge in [0, 0.05) is 41.2 Å². The quantitative estimate of drug-likeness (QED) is 0.125. The molecule has 2 heterocycles. The summed E-state index contributed by atoms with van der Waals surface area (Å²) < 4.78 is 65.8. The van der Waals surface area contributed by atoms with Gasteiger partial charge in [-0.3, -0.25) is 10.4 Å². The fraction of sp³-hybridized carbons (Fsp3) is 0.182. The summed E-state index contributed by atoms with van der Waals surface area (Å²) in [6.07, 6.45) is -1.61. The summed E-state index contributed by atoms with van der Waals surface area (Å²) in [5, 5.41) is 21.5. The molecule has 2 aromatic heterocycles. The molecule has 3 aromatic rings. The van der Waals surface area contributed by atoms with E-state index in [2.05, 4.69) is 25.0 Å². The molecule has 1 aromatic carbocycles. The van der Waals surface area contributed by atoms with Crippen LogP contribution in [0.3, 0.4) is 0 Å². The molecule has 0 radical (unpaired) electrons. The Morgan fingerprint density at radius 3 is 2.44 bits per heavy atom. The maximum atomic E-state index is 14.0. The molecule has 186 valence electrons. The van der Waals surface area contributed by atoms with Crippen molar-refractivity contribution in [3.8, 4) is 17.2 Å². The first-order chi connectivity index (χ1) is 17.0. The van der Waals surface area contributed by atoms with Gasteiger partial charge in [0.25, 0.3) is 0 Å². The smallest absolute Gasteiger partial charge is 0.382 e. The van der Waals surface area contributed by atoms with E-state index in [1.807, 2.05) is 6.07 Å². The summed E-state index contributed by atoms with van der Waals surface area (Å²) >= 11 is 0. The summed E-state index contributed by atoms with van der Waals surface area (Å²) in [4.78, 5) is 13.4. The number of alkyl halides is 3. The van der Waals surface area contributed by atoms with E-state index in [1.165, 1.54) is 0 Å². The van der Waals surface area contributed by atoms with Gasteiger partial charge < -0.3 is 16.6 Å². The molecule has 1 unspecified atom stereocenters. The topological polar surface area (TPSA) is 166 Å². The SMILES string of the molecule is CCC(C(C=Nc1ccc(F)cc1F)=NN)c1[nH]c(C(=N)N)c(-c2cnc(C(F)(F)F)nc2)c1C#N. The number of hydrogen-bond acceptors (Lipinski definition) is 7. The molecule has 0 bridgehead atoms. The molecule has 0 aliphatic carbocycles. The number of nitriles is 1.